The molecule has 0 atom stereocenters. The molecule has 82 valence electrons. The Hall–Kier alpha value is -1.03. The van der Waals surface area contributed by atoms with Gasteiger partial charge in [-0.05, 0) is 6.42 Å². The van der Waals surface area contributed by atoms with Crippen LogP contribution in [-0.4, -0.2) is 42.8 Å². The first-order valence-electron chi connectivity index (χ1n) is 4.85. The lowest BCUT2D eigenvalue weighted by Gasteiger charge is -2.18. The van der Waals surface area contributed by atoms with Crippen molar-refractivity contribution in [3.05, 3.63) is 12.3 Å². The quantitative estimate of drug-likeness (QED) is 0.488. The van der Waals surface area contributed by atoms with Gasteiger partial charge in [0.15, 0.2) is 0 Å². The Balaban J connectivity index is 3.93. The van der Waals surface area contributed by atoms with Crippen LogP contribution in [0.3, 0.4) is 0 Å². The molecule has 0 fully saturated rings. The maximum absolute atomic E-state index is 10.8. The van der Waals surface area contributed by atoms with Gasteiger partial charge in [0.25, 0.3) is 0 Å². The van der Waals surface area contributed by atoms with Gasteiger partial charge < -0.3 is 14.7 Å². The second-order valence-electron chi connectivity index (χ2n) is 2.95. The summed E-state index contributed by atoms with van der Waals surface area (Å²) in [5, 5.41) is 8.77. The van der Waals surface area contributed by atoms with Crippen molar-refractivity contribution in [2.45, 2.75) is 19.8 Å². The van der Waals surface area contributed by atoms with Crippen LogP contribution < -0.4 is 0 Å². The first-order valence-corrected chi connectivity index (χ1v) is 4.85. The highest BCUT2D eigenvalue weighted by Crippen LogP contribution is 1.96. The van der Waals surface area contributed by atoms with Crippen LogP contribution in [0.1, 0.15) is 19.8 Å². The number of methoxy groups -OCH3 is 1. The molecule has 0 saturated heterocycles. The summed E-state index contributed by atoms with van der Waals surface area (Å²) in [5.41, 5.74) is 0. The molecule has 4 nitrogen and oxygen atoms in total. The first-order chi connectivity index (χ1) is 6.74. The number of ether oxygens (including phenoxy) is 1. The van der Waals surface area contributed by atoms with Gasteiger partial charge >= 0.3 is 5.97 Å². The van der Waals surface area contributed by atoms with Crippen molar-refractivity contribution in [2.75, 3.05) is 26.8 Å². The van der Waals surface area contributed by atoms with Gasteiger partial charge in [-0.25, -0.2) is 4.79 Å². The molecular weight excluding hydrogens is 182 g/mol. The van der Waals surface area contributed by atoms with E-state index in [0.29, 0.717) is 6.54 Å². The zero-order chi connectivity index (χ0) is 10.8. The molecule has 0 aliphatic carbocycles. The van der Waals surface area contributed by atoms with E-state index in [-0.39, 0.29) is 12.6 Å². The number of nitrogens with zero attached hydrogens (tertiary/aromatic N) is 1. The standard InChI is InChI=1S/C10H19NO3/c1-3-4-6-11(8-9-12)7-5-10(13)14-2/h5,7,12H,3-4,6,8-9H2,1-2H3. The highest BCUT2D eigenvalue weighted by molar-refractivity contribution is 5.81. The summed E-state index contributed by atoms with van der Waals surface area (Å²) >= 11 is 0. The van der Waals surface area contributed by atoms with Crippen LogP contribution in [0, 0.1) is 0 Å². The van der Waals surface area contributed by atoms with E-state index < -0.39 is 0 Å². The number of carbonyl (C=O) groups excluding carboxylic acids is 1. The Morgan fingerprint density at radius 2 is 2.21 bits per heavy atom. The zero-order valence-corrected chi connectivity index (χ0v) is 8.90. The molecule has 0 saturated carbocycles. The molecule has 0 spiro atoms. The van der Waals surface area contributed by atoms with Gasteiger partial charge in [-0.2, -0.15) is 0 Å². The van der Waals surface area contributed by atoms with Crippen molar-refractivity contribution in [3.8, 4) is 0 Å². The normalized spacial score (nSPS) is 10.5. The summed E-state index contributed by atoms with van der Waals surface area (Å²) in [7, 11) is 1.34. The van der Waals surface area contributed by atoms with Gasteiger partial charge in [-0.1, -0.05) is 13.3 Å². The molecule has 0 radical (unpaired) electrons. The summed E-state index contributed by atoms with van der Waals surface area (Å²) in [6, 6.07) is 0. The maximum Gasteiger partial charge on any atom is 0.331 e. The molecule has 0 heterocycles. The third kappa shape index (κ3) is 6.48. The van der Waals surface area contributed by atoms with Crippen LogP contribution in [0.25, 0.3) is 0 Å². The number of rotatable bonds is 7. The minimum atomic E-state index is -0.371. The first kappa shape index (κ1) is 13.0. The zero-order valence-electron chi connectivity index (χ0n) is 8.90. The van der Waals surface area contributed by atoms with E-state index in [4.69, 9.17) is 5.11 Å². The Morgan fingerprint density at radius 3 is 2.71 bits per heavy atom. The van der Waals surface area contributed by atoms with Crippen LogP contribution in [0.2, 0.25) is 0 Å². The largest absolute Gasteiger partial charge is 0.466 e. The molecule has 0 aromatic carbocycles. The molecule has 0 rings (SSSR count). The SMILES string of the molecule is CCCCN(C=CC(=O)OC)CCO. The minimum absolute atomic E-state index is 0.0925. The van der Waals surface area contributed by atoms with Gasteiger partial charge in [0.2, 0.25) is 0 Å². The summed E-state index contributed by atoms with van der Waals surface area (Å²) in [6.07, 6.45) is 5.17. The molecule has 0 bridgehead atoms. The molecule has 0 aliphatic rings. The van der Waals surface area contributed by atoms with E-state index in [2.05, 4.69) is 11.7 Å². The highest BCUT2D eigenvalue weighted by atomic mass is 16.5. The summed E-state index contributed by atoms with van der Waals surface area (Å²) in [4.78, 5) is 12.7. The molecule has 0 aromatic rings. The number of esters is 1. The fourth-order valence-corrected chi connectivity index (χ4v) is 0.985. The minimum Gasteiger partial charge on any atom is -0.466 e. The molecule has 14 heavy (non-hydrogen) atoms. The van der Waals surface area contributed by atoms with Crippen molar-refractivity contribution >= 4 is 5.97 Å². The molecule has 0 amide bonds. The van der Waals surface area contributed by atoms with Crippen LogP contribution in [0.15, 0.2) is 12.3 Å². The lowest BCUT2D eigenvalue weighted by molar-refractivity contribution is -0.134. The lowest BCUT2D eigenvalue weighted by Crippen LogP contribution is -2.22. The van der Waals surface area contributed by atoms with E-state index >= 15 is 0 Å². The van der Waals surface area contributed by atoms with Crippen molar-refractivity contribution in [1.82, 2.24) is 4.90 Å². The molecular formula is C10H19NO3. The number of hydrogen-bond acceptors (Lipinski definition) is 4. The fraction of sp³-hybridized carbons (Fsp3) is 0.700. The van der Waals surface area contributed by atoms with Crippen LogP contribution in [0.4, 0.5) is 0 Å². The van der Waals surface area contributed by atoms with Crippen molar-refractivity contribution in [1.29, 1.82) is 0 Å². The smallest absolute Gasteiger partial charge is 0.331 e. The van der Waals surface area contributed by atoms with E-state index in [1.165, 1.54) is 13.2 Å². The Bertz CT molecular complexity index is 180. The van der Waals surface area contributed by atoms with Crippen LogP contribution in [-0.2, 0) is 9.53 Å². The summed E-state index contributed by atoms with van der Waals surface area (Å²) in [5.74, 6) is -0.371. The second kappa shape index (κ2) is 8.56. The third-order valence-corrected chi connectivity index (χ3v) is 1.81. The van der Waals surface area contributed by atoms with Crippen LogP contribution in [0.5, 0.6) is 0 Å². The third-order valence-electron chi connectivity index (χ3n) is 1.81. The molecule has 4 heteroatoms. The number of hydrogen-bond donors (Lipinski definition) is 1. The lowest BCUT2D eigenvalue weighted by atomic mass is 10.3. The van der Waals surface area contributed by atoms with Gasteiger partial charge in [-0.15, -0.1) is 0 Å². The highest BCUT2D eigenvalue weighted by Gasteiger charge is 1.98. The topological polar surface area (TPSA) is 49.8 Å². The van der Waals surface area contributed by atoms with Crippen molar-refractivity contribution in [2.24, 2.45) is 0 Å². The Kier molecular flexibility index (Phi) is 7.93. The molecule has 0 aliphatic heterocycles. The van der Waals surface area contributed by atoms with Gasteiger partial charge in [0.1, 0.15) is 0 Å². The second-order valence-corrected chi connectivity index (χ2v) is 2.95. The van der Waals surface area contributed by atoms with Crippen molar-refractivity contribution in [3.63, 3.8) is 0 Å². The number of unbranched alkanes of at least 4 members (excludes halogenated alkanes) is 1. The predicted molar refractivity (Wildman–Crippen MR) is 54.7 cm³/mol. The van der Waals surface area contributed by atoms with E-state index in [9.17, 15) is 4.79 Å². The summed E-state index contributed by atoms with van der Waals surface area (Å²) in [6.45, 7) is 3.59. The fourth-order valence-electron chi connectivity index (χ4n) is 0.985. The summed E-state index contributed by atoms with van der Waals surface area (Å²) < 4.78 is 4.47. The predicted octanol–water partition coefficient (Wildman–Crippen LogP) is 0.768. The van der Waals surface area contributed by atoms with Gasteiger partial charge in [0.05, 0.1) is 13.7 Å². The van der Waals surface area contributed by atoms with Crippen molar-refractivity contribution < 1.29 is 14.6 Å². The van der Waals surface area contributed by atoms with Crippen LogP contribution >= 0.6 is 0 Å². The average molecular weight is 201 g/mol. The molecule has 0 aromatic heterocycles. The maximum atomic E-state index is 10.8. The number of aliphatic hydroxyl groups is 1. The molecule has 1 N–H and O–H groups in total. The average Bonchev–Trinajstić information content (AvgIpc) is 2.21. The number of aliphatic hydroxyl groups excluding tert-OH is 1. The Labute approximate surface area is 85.2 Å². The number of carbonyl (C=O) groups is 1. The molecule has 0 unspecified atom stereocenters. The van der Waals surface area contributed by atoms with E-state index in [1.54, 1.807) is 6.20 Å². The van der Waals surface area contributed by atoms with E-state index in [1.807, 2.05) is 4.90 Å². The van der Waals surface area contributed by atoms with E-state index in [0.717, 1.165) is 19.4 Å². The Morgan fingerprint density at radius 1 is 1.50 bits per heavy atom. The monoisotopic (exact) mass is 201 g/mol. The van der Waals surface area contributed by atoms with Gasteiger partial charge in [-0.3, -0.25) is 0 Å². The van der Waals surface area contributed by atoms with Gasteiger partial charge in [0, 0.05) is 25.4 Å².